The van der Waals surface area contributed by atoms with Gasteiger partial charge in [-0.2, -0.15) is 4.72 Å². The molecule has 2 N–H and O–H groups in total. The number of furan rings is 1. The first-order valence-electron chi connectivity index (χ1n) is 11.3. The molecule has 0 radical (unpaired) electrons. The number of hydrogen-bond acceptors (Lipinski definition) is 7. The van der Waals surface area contributed by atoms with Gasteiger partial charge >= 0.3 is 5.97 Å². The monoisotopic (exact) mass is 544 g/mol. The number of ether oxygens (including phenoxy) is 2. The number of esters is 1. The highest BCUT2D eigenvalue weighted by molar-refractivity contribution is 7.89. The molecular weight excluding hydrogens is 520 g/mol. The summed E-state index contributed by atoms with van der Waals surface area (Å²) in [4.78, 5) is 25.2. The molecule has 0 unspecified atom stereocenters. The normalized spacial score (nSPS) is 12.6. The smallest absolute Gasteiger partial charge is 0.324 e. The van der Waals surface area contributed by atoms with Gasteiger partial charge in [-0.05, 0) is 36.2 Å². The number of nitrogens with one attached hydrogen (secondary N) is 2. The lowest BCUT2D eigenvalue weighted by atomic mass is 10.1. The van der Waals surface area contributed by atoms with Gasteiger partial charge in [-0.25, -0.2) is 8.42 Å². The minimum absolute atomic E-state index is 0.0933. The highest BCUT2D eigenvalue weighted by Crippen LogP contribution is 2.36. The molecule has 4 aromatic rings. The van der Waals surface area contributed by atoms with Gasteiger partial charge < -0.3 is 19.2 Å². The molecular formula is C26H25ClN2O7S. The number of benzene rings is 3. The van der Waals surface area contributed by atoms with Gasteiger partial charge in [-0.1, -0.05) is 49.7 Å². The number of fused-ring (bicyclic) bond motifs is 3. The summed E-state index contributed by atoms with van der Waals surface area (Å²) in [6.45, 7) is 2.67. The first-order valence-corrected chi connectivity index (χ1v) is 13.2. The molecule has 1 heterocycles. The number of methoxy groups -OCH3 is 1. The standard InChI is InChI=1S/C26H25ClN2O7S/c1-15(2)25(29-37(32,33)17-8-6-7-16(27)11-17)26(31)35-14-24(30)28-20-13-22-19(12-23(20)34-3)18-9-4-5-10-21(18)36-22/h4-13,15,25,29H,14H2,1-3H3,(H,28,30)/t25-/m1/s1. The third kappa shape index (κ3) is 5.87. The number of carbonyl (C=O) groups is 2. The molecule has 0 spiro atoms. The lowest BCUT2D eigenvalue weighted by Gasteiger charge is -2.21. The molecule has 0 aliphatic carbocycles. The number of sulfonamides is 1. The third-order valence-corrected chi connectivity index (χ3v) is 7.30. The molecule has 0 saturated heterocycles. The maximum Gasteiger partial charge on any atom is 0.324 e. The van der Waals surface area contributed by atoms with E-state index in [0.717, 1.165) is 10.8 Å². The van der Waals surface area contributed by atoms with E-state index in [4.69, 9.17) is 25.5 Å². The van der Waals surface area contributed by atoms with Crippen LogP contribution in [0.15, 0.2) is 70.0 Å². The van der Waals surface area contributed by atoms with Crippen molar-refractivity contribution in [3.8, 4) is 5.75 Å². The Morgan fingerprint density at radius 2 is 1.76 bits per heavy atom. The molecule has 3 aromatic carbocycles. The number of anilines is 1. The molecule has 194 valence electrons. The van der Waals surface area contributed by atoms with Crippen LogP contribution in [0.3, 0.4) is 0 Å². The fourth-order valence-electron chi connectivity index (χ4n) is 3.76. The van der Waals surface area contributed by atoms with Crippen molar-refractivity contribution in [3.05, 3.63) is 65.7 Å². The van der Waals surface area contributed by atoms with Gasteiger partial charge in [0, 0.05) is 21.9 Å². The topological polar surface area (TPSA) is 124 Å². The first kappa shape index (κ1) is 26.5. The molecule has 1 amide bonds. The molecule has 1 aromatic heterocycles. The van der Waals surface area contributed by atoms with Crippen molar-refractivity contribution in [2.75, 3.05) is 19.0 Å². The zero-order valence-electron chi connectivity index (χ0n) is 20.3. The van der Waals surface area contributed by atoms with E-state index in [1.165, 1.54) is 31.4 Å². The van der Waals surface area contributed by atoms with Crippen molar-refractivity contribution in [2.45, 2.75) is 24.8 Å². The van der Waals surface area contributed by atoms with Gasteiger partial charge in [-0.15, -0.1) is 0 Å². The van der Waals surface area contributed by atoms with E-state index >= 15 is 0 Å². The van der Waals surface area contributed by atoms with Crippen LogP contribution in [0.2, 0.25) is 5.02 Å². The maximum absolute atomic E-state index is 12.7. The van der Waals surface area contributed by atoms with Gasteiger partial charge in [0.1, 0.15) is 23.0 Å². The Labute approximate surface area is 218 Å². The van der Waals surface area contributed by atoms with Crippen LogP contribution < -0.4 is 14.8 Å². The first-order chi connectivity index (χ1) is 17.6. The average Bonchev–Trinajstić information content (AvgIpc) is 3.22. The minimum atomic E-state index is -4.06. The van der Waals surface area contributed by atoms with Crippen molar-refractivity contribution >= 4 is 61.1 Å². The molecule has 11 heteroatoms. The fraction of sp³-hybridized carbons (Fsp3) is 0.231. The van der Waals surface area contributed by atoms with Crippen molar-refractivity contribution < 1.29 is 31.9 Å². The highest BCUT2D eigenvalue weighted by atomic mass is 35.5. The van der Waals surface area contributed by atoms with Crippen LogP contribution >= 0.6 is 11.6 Å². The molecule has 0 fully saturated rings. The van der Waals surface area contributed by atoms with E-state index in [-0.39, 0.29) is 9.92 Å². The summed E-state index contributed by atoms with van der Waals surface area (Å²) in [6, 6.07) is 15.3. The predicted octanol–water partition coefficient (Wildman–Crippen LogP) is 4.73. The number of para-hydroxylation sites is 1. The number of carbonyl (C=O) groups excluding carboxylic acids is 2. The van der Waals surface area contributed by atoms with Gasteiger partial charge in [0.25, 0.3) is 5.91 Å². The Hall–Kier alpha value is -3.60. The van der Waals surface area contributed by atoms with E-state index in [0.29, 0.717) is 22.6 Å². The van der Waals surface area contributed by atoms with Gasteiger partial charge in [-0.3, -0.25) is 9.59 Å². The van der Waals surface area contributed by atoms with Crippen molar-refractivity contribution in [1.29, 1.82) is 0 Å². The molecule has 0 aliphatic heterocycles. The fourth-order valence-corrected chi connectivity index (χ4v) is 5.39. The predicted molar refractivity (Wildman–Crippen MR) is 140 cm³/mol. The Kier molecular flexibility index (Phi) is 7.72. The summed E-state index contributed by atoms with van der Waals surface area (Å²) in [6.07, 6.45) is 0. The van der Waals surface area contributed by atoms with Crippen LogP contribution in [0.4, 0.5) is 5.69 Å². The van der Waals surface area contributed by atoms with Crippen LogP contribution in [0.25, 0.3) is 21.9 Å². The summed E-state index contributed by atoms with van der Waals surface area (Å²) in [5, 5.41) is 4.61. The molecule has 0 bridgehead atoms. The van der Waals surface area contributed by atoms with E-state index in [2.05, 4.69) is 10.0 Å². The lowest BCUT2D eigenvalue weighted by Crippen LogP contribution is -2.45. The number of hydrogen-bond donors (Lipinski definition) is 2. The molecule has 9 nitrogen and oxygen atoms in total. The number of rotatable bonds is 9. The summed E-state index contributed by atoms with van der Waals surface area (Å²) in [7, 11) is -2.59. The van der Waals surface area contributed by atoms with Crippen LogP contribution in [-0.2, 0) is 24.3 Å². The second kappa shape index (κ2) is 10.8. The summed E-state index contributed by atoms with van der Waals surface area (Å²) in [5.74, 6) is -1.59. The van der Waals surface area contributed by atoms with E-state index < -0.39 is 40.5 Å². The van der Waals surface area contributed by atoms with Crippen molar-refractivity contribution in [3.63, 3.8) is 0 Å². The van der Waals surface area contributed by atoms with Gasteiger partial charge in [0.05, 0.1) is 17.7 Å². The highest BCUT2D eigenvalue weighted by Gasteiger charge is 2.30. The van der Waals surface area contributed by atoms with Crippen molar-refractivity contribution in [1.82, 2.24) is 4.72 Å². The Morgan fingerprint density at radius 3 is 2.46 bits per heavy atom. The quantitative estimate of drug-likeness (QED) is 0.292. The minimum Gasteiger partial charge on any atom is -0.495 e. The lowest BCUT2D eigenvalue weighted by molar-refractivity contribution is -0.150. The second-order valence-corrected chi connectivity index (χ2v) is 10.8. The molecule has 1 atom stereocenters. The Balaban J connectivity index is 1.45. The largest absolute Gasteiger partial charge is 0.495 e. The molecule has 0 saturated carbocycles. The SMILES string of the molecule is COc1cc2c(cc1NC(=O)COC(=O)[C@H](NS(=O)(=O)c1cccc(Cl)c1)C(C)C)oc1ccccc12. The Bertz CT molecular complexity index is 1580. The molecule has 0 aliphatic rings. The molecule has 37 heavy (non-hydrogen) atoms. The Morgan fingerprint density at radius 1 is 1.00 bits per heavy atom. The van der Waals surface area contributed by atoms with Crippen LogP contribution in [0.5, 0.6) is 5.75 Å². The number of amides is 1. The summed E-state index contributed by atoms with van der Waals surface area (Å²) < 4.78 is 44.3. The summed E-state index contributed by atoms with van der Waals surface area (Å²) >= 11 is 5.89. The van der Waals surface area contributed by atoms with Crippen molar-refractivity contribution in [2.24, 2.45) is 5.92 Å². The van der Waals surface area contributed by atoms with Crippen LogP contribution in [0.1, 0.15) is 13.8 Å². The van der Waals surface area contributed by atoms with E-state index in [9.17, 15) is 18.0 Å². The van der Waals surface area contributed by atoms with Crippen LogP contribution in [0, 0.1) is 5.92 Å². The average molecular weight is 545 g/mol. The zero-order valence-corrected chi connectivity index (χ0v) is 21.9. The molecule has 4 rings (SSSR count). The van der Waals surface area contributed by atoms with Crippen LogP contribution in [-0.4, -0.2) is 40.1 Å². The van der Waals surface area contributed by atoms with E-state index in [1.54, 1.807) is 26.0 Å². The van der Waals surface area contributed by atoms with Gasteiger partial charge in [0.15, 0.2) is 6.61 Å². The zero-order chi connectivity index (χ0) is 26.7. The second-order valence-electron chi connectivity index (χ2n) is 8.60. The summed E-state index contributed by atoms with van der Waals surface area (Å²) in [5.41, 5.74) is 1.57. The van der Waals surface area contributed by atoms with E-state index in [1.807, 2.05) is 24.3 Å². The maximum atomic E-state index is 12.7. The van der Waals surface area contributed by atoms with Gasteiger partial charge in [0.2, 0.25) is 10.0 Å². The number of halogens is 1. The third-order valence-electron chi connectivity index (χ3n) is 5.63.